The molecule has 0 spiro atoms. The SMILES string of the molecule is CN(C)CCC=C1c2ccccc2-c2sc3ccccc3c21. The van der Waals surface area contributed by atoms with E-state index in [0.29, 0.717) is 0 Å². The Hall–Kier alpha value is -1.90. The molecule has 22 heavy (non-hydrogen) atoms. The summed E-state index contributed by atoms with van der Waals surface area (Å²) >= 11 is 1.92. The Morgan fingerprint density at radius 1 is 0.955 bits per heavy atom. The Balaban J connectivity index is 1.92. The molecule has 1 heterocycles. The fraction of sp³-hybridized carbons (Fsp3) is 0.200. The van der Waals surface area contributed by atoms with Crippen LogP contribution in [-0.2, 0) is 0 Å². The first-order valence-corrected chi connectivity index (χ1v) is 8.54. The van der Waals surface area contributed by atoms with Gasteiger partial charge in [0.05, 0.1) is 0 Å². The summed E-state index contributed by atoms with van der Waals surface area (Å²) in [5, 5.41) is 1.40. The lowest BCUT2D eigenvalue weighted by atomic mass is 10.0. The molecule has 0 N–H and O–H groups in total. The minimum atomic E-state index is 1.08. The molecular formula is C20H19NS. The van der Waals surface area contributed by atoms with E-state index in [9.17, 15) is 0 Å². The van der Waals surface area contributed by atoms with Crippen LogP contribution < -0.4 is 0 Å². The van der Waals surface area contributed by atoms with Crippen LogP contribution in [0.15, 0.2) is 54.6 Å². The highest BCUT2D eigenvalue weighted by Crippen LogP contribution is 2.51. The highest BCUT2D eigenvalue weighted by atomic mass is 32.1. The largest absolute Gasteiger partial charge is 0.309 e. The van der Waals surface area contributed by atoms with Gasteiger partial charge in [0.1, 0.15) is 0 Å². The molecule has 0 atom stereocenters. The quantitative estimate of drug-likeness (QED) is 0.499. The van der Waals surface area contributed by atoms with Gasteiger partial charge in [0.25, 0.3) is 0 Å². The lowest BCUT2D eigenvalue weighted by Gasteiger charge is -2.08. The summed E-state index contributed by atoms with van der Waals surface area (Å²) in [6.07, 6.45) is 3.50. The van der Waals surface area contributed by atoms with Crippen LogP contribution in [0.5, 0.6) is 0 Å². The van der Waals surface area contributed by atoms with E-state index < -0.39 is 0 Å². The minimum Gasteiger partial charge on any atom is -0.309 e. The van der Waals surface area contributed by atoms with Gasteiger partial charge in [-0.15, -0.1) is 11.3 Å². The van der Waals surface area contributed by atoms with E-state index in [1.807, 2.05) is 11.3 Å². The van der Waals surface area contributed by atoms with E-state index in [1.165, 1.54) is 37.2 Å². The first kappa shape index (κ1) is 13.7. The zero-order valence-corrected chi connectivity index (χ0v) is 13.8. The van der Waals surface area contributed by atoms with Crippen molar-refractivity contribution < 1.29 is 0 Å². The molecular weight excluding hydrogens is 286 g/mol. The maximum atomic E-state index is 2.42. The van der Waals surface area contributed by atoms with Crippen molar-refractivity contribution in [2.24, 2.45) is 0 Å². The number of fused-ring (bicyclic) bond motifs is 5. The number of hydrogen-bond acceptors (Lipinski definition) is 2. The van der Waals surface area contributed by atoms with Crippen molar-refractivity contribution in [3.05, 3.63) is 65.7 Å². The Labute approximate surface area is 135 Å². The molecule has 0 aliphatic heterocycles. The summed E-state index contributed by atoms with van der Waals surface area (Å²) in [5.41, 5.74) is 5.66. The summed E-state index contributed by atoms with van der Waals surface area (Å²) in [5.74, 6) is 0. The molecule has 0 saturated carbocycles. The molecule has 3 aromatic rings. The molecule has 1 nitrogen and oxygen atoms in total. The number of thiophene rings is 1. The van der Waals surface area contributed by atoms with Crippen LogP contribution in [-0.4, -0.2) is 25.5 Å². The van der Waals surface area contributed by atoms with Gasteiger partial charge in [-0.05, 0) is 37.7 Å². The van der Waals surface area contributed by atoms with Crippen molar-refractivity contribution >= 4 is 27.0 Å². The van der Waals surface area contributed by atoms with Crippen LogP contribution >= 0.6 is 11.3 Å². The van der Waals surface area contributed by atoms with Crippen LogP contribution in [0, 0.1) is 0 Å². The van der Waals surface area contributed by atoms with Crippen LogP contribution in [0.3, 0.4) is 0 Å². The zero-order chi connectivity index (χ0) is 15.1. The molecule has 1 aromatic heterocycles. The number of hydrogen-bond donors (Lipinski definition) is 0. The minimum absolute atomic E-state index is 1.08. The highest BCUT2D eigenvalue weighted by Gasteiger charge is 2.27. The van der Waals surface area contributed by atoms with E-state index in [-0.39, 0.29) is 0 Å². The van der Waals surface area contributed by atoms with E-state index in [2.05, 4.69) is 73.6 Å². The second kappa shape index (κ2) is 5.38. The molecule has 0 unspecified atom stereocenters. The third-order valence-corrected chi connectivity index (χ3v) is 5.46. The topological polar surface area (TPSA) is 3.24 Å². The number of nitrogens with zero attached hydrogens (tertiary/aromatic N) is 1. The van der Waals surface area contributed by atoms with Crippen molar-refractivity contribution in [1.29, 1.82) is 0 Å². The molecule has 0 bridgehead atoms. The van der Waals surface area contributed by atoms with Crippen LogP contribution in [0.2, 0.25) is 0 Å². The lowest BCUT2D eigenvalue weighted by Crippen LogP contribution is -2.11. The predicted octanol–water partition coefficient (Wildman–Crippen LogP) is 5.27. The van der Waals surface area contributed by atoms with Gasteiger partial charge in [-0.25, -0.2) is 0 Å². The molecule has 0 amide bonds. The van der Waals surface area contributed by atoms with Crippen LogP contribution in [0.4, 0.5) is 0 Å². The second-order valence-electron chi connectivity index (χ2n) is 6.06. The first-order valence-electron chi connectivity index (χ1n) is 7.72. The van der Waals surface area contributed by atoms with Crippen molar-refractivity contribution in [2.75, 3.05) is 20.6 Å². The molecule has 2 heteroatoms. The summed E-state index contributed by atoms with van der Waals surface area (Å²) < 4.78 is 1.39. The van der Waals surface area contributed by atoms with Crippen molar-refractivity contribution in [1.82, 2.24) is 4.90 Å². The third-order valence-electron chi connectivity index (χ3n) is 4.25. The molecule has 2 aromatic carbocycles. The second-order valence-corrected chi connectivity index (χ2v) is 7.11. The van der Waals surface area contributed by atoms with E-state index >= 15 is 0 Å². The smallest absolute Gasteiger partial charge is 0.0440 e. The average Bonchev–Trinajstić information content (AvgIpc) is 3.03. The van der Waals surface area contributed by atoms with Crippen LogP contribution in [0.25, 0.3) is 26.1 Å². The molecule has 1 aliphatic rings. The number of rotatable bonds is 3. The van der Waals surface area contributed by atoms with Gasteiger partial charge in [0, 0.05) is 32.6 Å². The summed E-state index contributed by atoms with van der Waals surface area (Å²) in [6.45, 7) is 1.09. The maximum Gasteiger partial charge on any atom is 0.0440 e. The molecule has 4 rings (SSSR count). The van der Waals surface area contributed by atoms with E-state index in [0.717, 1.165) is 13.0 Å². The number of benzene rings is 2. The Morgan fingerprint density at radius 3 is 2.50 bits per heavy atom. The zero-order valence-electron chi connectivity index (χ0n) is 13.0. The van der Waals surface area contributed by atoms with Gasteiger partial charge in [-0.1, -0.05) is 48.5 Å². The summed E-state index contributed by atoms with van der Waals surface area (Å²) in [4.78, 5) is 3.68. The first-order chi connectivity index (χ1) is 10.8. The van der Waals surface area contributed by atoms with Gasteiger partial charge >= 0.3 is 0 Å². The Kier molecular flexibility index (Phi) is 3.36. The molecule has 0 radical (unpaired) electrons. The summed E-state index contributed by atoms with van der Waals surface area (Å²) in [7, 11) is 4.26. The highest BCUT2D eigenvalue weighted by molar-refractivity contribution is 7.22. The predicted molar refractivity (Wildman–Crippen MR) is 97.5 cm³/mol. The maximum absolute atomic E-state index is 2.42. The van der Waals surface area contributed by atoms with Gasteiger partial charge in [-0.2, -0.15) is 0 Å². The fourth-order valence-corrected chi connectivity index (χ4v) is 4.49. The standard InChI is InChI=1S/C20H19NS/c1-21(2)13-7-11-15-14-8-3-4-9-16(14)20-19(15)17-10-5-6-12-18(17)22-20/h3-6,8-12H,7,13H2,1-2H3. The molecule has 110 valence electrons. The lowest BCUT2D eigenvalue weighted by molar-refractivity contribution is 0.417. The van der Waals surface area contributed by atoms with E-state index in [1.54, 1.807) is 0 Å². The fourth-order valence-electron chi connectivity index (χ4n) is 3.23. The Bertz CT molecular complexity index is 870. The van der Waals surface area contributed by atoms with Crippen molar-refractivity contribution in [3.63, 3.8) is 0 Å². The van der Waals surface area contributed by atoms with Gasteiger partial charge < -0.3 is 4.90 Å². The third kappa shape index (κ3) is 2.11. The normalized spacial score (nSPS) is 14.8. The van der Waals surface area contributed by atoms with Gasteiger partial charge in [0.15, 0.2) is 0 Å². The Morgan fingerprint density at radius 2 is 1.68 bits per heavy atom. The van der Waals surface area contributed by atoms with E-state index in [4.69, 9.17) is 0 Å². The monoisotopic (exact) mass is 305 g/mol. The van der Waals surface area contributed by atoms with Gasteiger partial charge in [0.2, 0.25) is 0 Å². The molecule has 0 saturated heterocycles. The van der Waals surface area contributed by atoms with Gasteiger partial charge in [-0.3, -0.25) is 0 Å². The van der Waals surface area contributed by atoms with Crippen molar-refractivity contribution in [2.45, 2.75) is 6.42 Å². The molecule has 1 aliphatic carbocycles. The summed E-state index contributed by atoms with van der Waals surface area (Å²) in [6, 6.07) is 17.6. The molecule has 0 fully saturated rings. The van der Waals surface area contributed by atoms with Crippen LogP contribution in [0.1, 0.15) is 17.5 Å². The average molecular weight is 305 g/mol. The van der Waals surface area contributed by atoms with Crippen molar-refractivity contribution in [3.8, 4) is 10.4 Å².